The van der Waals surface area contributed by atoms with Crippen LogP contribution in [-0.2, 0) is 17.9 Å². The SMILES string of the molecule is Cc1noc(C)c1Cn1cc(N2C(=O)N(Cc3ccccc3C#N)C(C)(C)C2=O)cn1. The van der Waals surface area contributed by atoms with Gasteiger partial charge in [0.25, 0.3) is 5.91 Å². The van der Waals surface area contributed by atoms with Crippen LogP contribution in [0.5, 0.6) is 0 Å². The summed E-state index contributed by atoms with van der Waals surface area (Å²) in [6, 6.07) is 8.75. The highest BCUT2D eigenvalue weighted by Gasteiger charge is 2.52. The molecule has 3 heterocycles. The molecule has 0 radical (unpaired) electrons. The molecule has 4 rings (SSSR count). The van der Waals surface area contributed by atoms with Crippen LogP contribution < -0.4 is 4.90 Å². The van der Waals surface area contributed by atoms with E-state index in [1.807, 2.05) is 19.9 Å². The molecule has 0 aliphatic carbocycles. The van der Waals surface area contributed by atoms with Crippen molar-refractivity contribution in [1.29, 1.82) is 5.26 Å². The van der Waals surface area contributed by atoms with Gasteiger partial charge in [-0.05, 0) is 39.3 Å². The summed E-state index contributed by atoms with van der Waals surface area (Å²) < 4.78 is 6.83. The number of carbonyl (C=O) groups excluding carboxylic acids is 2. The van der Waals surface area contributed by atoms with Crippen LogP contribution in [0.3, 0.4) is 0 Å². The van der Waals surface area contributed by atoms with Crippen LogP contribution in [0.4, 0.5) is 10.5 Å². The quantitative estimate of drug-likeness (QED) is 0.589. The average molecular weight is 418 g/mol. The Morgan fingerprint density at radius 3 is 2.58 bits per heavy atom. The molecule has 2 aromatic heterocycles. The van der Waals surface area contributed by atoms with Gasteiger partial charge in [0.15, 0.2) is 0 Å². The van der Waals surface area contributed by atoms with E-state index in [4.69, 9.17) is 4.52 Å². The lowest BCUT2D eigenvalue weighted by Gasteiger charge is -2.28. The molecule has 0 unspecified atom stereocenters. The molecule has 9 nitrogen and oxygen atoms in total. The molecule has 1 aliphatic heterocycles. The molecule has 3 amide bonds. The van der Waals surface area contributed by atoms with Crippen LogP contribution >= 0.6 is 0 Å². The second-order valence-electron chi connectivity index (χ2n) is 8.04. The topological polar surface area (TPSA) is 108 Å². The van der Waals surface area contributed by atoms with Gasteiger partial charge < -0.3 is 9.42 Å². The molecule has 31 heavy (non-hydrogen) atoms. The first-order valence-corrected chi connectivity index (χ1v) is 9.82. The normalized spacial score (nSPS) is 15.6. The number of rotatable bonds is 5. The third kappa shape index (κ3) is 3.36. The summed E-state index contributed by atoms with van der Waals surface area (Å²) in [5.74, 6) is 0.357. The predicted molar refractivity (Wildman–Crippen MR) is 111 cm³/mol. The molecule has 9 heteroatoms. The lowest BCUT2D eigenvalue weighted by atomic mass is 10.0. The van der Waals surface area contributed by atoms with Crippen molar-refractivity contribution in [3.05, 3.63) is 64.8 Å². The molecule has 0 N–H and O–H groups in total. The van der Waals surface area contributed by atoms with Gasteiger partial charge in [0, 0.05) is 18.3 Å². The van der Waals surface area contributed by atoms with Crippen molar-refractivity contribution in [1.82, 2.24) is 19.8 Å². The number of amides is 3. The van der Waals surface area contributed by atoms with Crippen LogP contribution in [-0.4, -0.2) is 37.3 Å². The second kappa shape index (κ2) is 7.40. The number of anilines is 1. The smallest absolute Gasteiger partial charge is 0.332 e. The molecular weight excluding hydrogens is 396 g/mol. The van der Waals surface area contributed by atoms with E-state index in [2.05, 4.69) is 16.3 Å². The molecule has 1 aromatic carbocycles. The van der Waals surface area contributed by atoms with Crippen LogP contribution in [0, 0.1) is 25.2 Å². The zero-order valence-electron chi connectivity index (χ0n) is 17.8. The summed E-state index contributed by atoms with van der Waals surface area (Å²) in [4.78, 5) is 29.0. The molecular formula is C22H22N6O3. The number of hydrogen-bond acceptors (Lipinski definition) is 6. The van der Waals surface area contributed by atoms with E-state index >= 15 is 0 Å². The van der Waals surface area contributed by atoms with Crippen LogP contribution in [0.25, 0.3) is 0 Å². The lowest BCUT2D eigenvalue weighted by Crippen LogP contribution is -2.43. The van der Waals surface area contributed by atoms with Crippen molar-refractivity contribution in [2.45, 2.75) is 46.3 Å². The number of nitrogens with zero attached hydrogens (tertiary/aromatic N) is 6. The summed E-state index contributed by atoms with van der Waals surface area (Å²) in [7, 11) is 0. The van der Waals surface area contributed by atoms with E-state index in [9.17, 15) is 14.9 Å². The minimum absolute atomic E-state index is 0.158. The number of nitriles is 1. The molecule has 1 aliphatic rings. The number of aromatic nitrogens is 3. The van der Waals surface area contributed by atoms with E-state index in [0.29, 0.717) is 29.1 Å². The molecule has 0 atom stereocenters. The van der Waals surface area contributed by atoms with Gasteiger partial charge in [-0.25, -0.2) is 9.69 Å². The summed E-state index contributed by atoms with van der Waals surface area (Å²) in [5.41, 5.74) is 2.17. The first-order chi connectivity index (χ1) is 14.7. The standard InChI is InChI=1S/C22H22N6O3/c1-14-19(15(2)31-25-14)13-26-12-18(10-24-26)28-20(29)22(3,4)27(21(28)30)11-17-8-6-5-7-16(17)9-23/h5-8,10,12H,11,13H2,1-4H3. The van der Waals surface area contributed by atoms with Gasteiger partial charge in [0.2, 0.25) is 0 Å². The zero-order valence-corrected chi connectivity index (χ0v) is 17.8. The maximum atomic E-state index is 13.3. The van der Waals surface area contributed by atoms with Gasteiger partial charge in [0.1, 0.15) is 11.3 Å². The fraction of sp³-hybridized carbons (Fsp3) is 0.318. The molecule has 158 valence electrons. The molecule has 3 aromatic rings. The largest absolute Gasteiger partial charge is 0.361 e. The Kier molecular flexibility index (Phi) is 4.85. The highest BCUT2D eigenvalue weighted by atomic mass is 16.5. The van der Waals surface area contributed by atoms with E-state index in [1.54, 1.807) is 42.9 Å². The molecule has 1 saturated heterocycles. The van der Waals surface area contributed by atoms with Crippen LogP contribution in [0.15, 0.2) is 41.2 Å². The first kappa shape index (κ1) is 20.3. The van der Waals surface area contributed by atoms with Crippen LogP contribution in [0.2, 0.25) is 0 Å². The van der Waals surface area contributed by atoms with Crippen molar-refractivity contribution in [3.63, 3.8) is 0 Å². The van der Waals surface area contributed by atoms with Gasteiger partial charge in [-0.1, -0.05) is 23.4 Å². The Balaban J connectivity index is 1.61. The minimum atomic E-state index is -1.07. The Morgan fingerprint density at radius 1 is 1.16 bits per heavy atom. The number of urea groups is 1. The summed E-state index contributed by atoms with van der Waals surface area (Å²) in [6.07, 6.45) is 3.15. The fourth-order valence-electron chi connectivity index (χ4n) is 3.71. The number of carbonyl (C=O) groups is 2. The van der Waals surface area contributed by atoms with Crippen molar-refractivity contribution in [3.8, 4) is 6.07 Å². The lowest BCUT2D eigenvalue weighted by molar-refractivity contribution is -0.123. The number of benzene rings is 1. The zero-order chi connectivity index (χ0) is 22.3. The Morgan fingerprint density at radius 2 is 1.90 bits per heavy atom. The van der Waals surface area contributed by atoms with Crippen molar-refractivity contribution in [2.24, 2.45) is 0 Å². The first-order valence-electron chi connectivity index (χ1n) is 9.82. The van der Waals surface area contributed by atoms with E-state index in [0.717, 1.165) is 16.2 Å². The predicted octanol–water partition coefficient (Wildman–Crippen LogP) is 3.16. The maximum absolute atomic E-state index is 13.3. The summed E-state index contributed by atoms with van der Waals surface area (Å²) >= 11 is 0. The molecule has 1 fully saturated rings. The third-order valence-corrected chi connectivity index (χ3v) is 5.67. The van der Waals surface area contributed by atoms with Crippen LogP contribution in [0.1, 0.15) is 42.0 Å². The summed E-state index contributed by atoms with van der Waals surface area (Å²) in [6.45, 7) is 7.66. The highest BCUT2D eigenvalue weighted by Crippen LogP contribution is 2.33. The van der Waals surface area contributed by atoms with Gasteiger partial charge >= 0.3 is 6.03 Å². The van der Waals surface area contributed by atoms with Crippen molar-refractivity contribution in [2.75, 3.05) is 4.90 Å². The fourth-order valence-corrected chi connectivity index (χ4v) is 3.71. The Bertz CT molecular complexity index is 1200. The van der Waals surface area contributed by atoms with Gasteiger partial charge in [-0.2, -0.15) is 10.4 Å². The van der Waals surface area contributed by atoms with Crippen molar-refractivity contribution < 1.29 is 14.1 Å². The number of hydrogen-bond donors (Lipinski definition) is 0. The second-order valence-corrected chi connectivity index (χ2v) is 8.04. The Hall–Kier alpha value is -3.93. The maximum Gasteiger partial charge on any atom is 0.332 e. The molecule has 0 spiro atoms. The van der Waals surface area contributed by atoms with Gasteiger partial charge in [0.05, 0.1) is 35.8 Å². The van der Waals surface area contributed by atoms with Gasteiger partial charge in [-0.3, -0.25) is 9.48 Å². The third-order valence-electron chi connectivity index (χ3n) is 5.67. The number of imide groups is 1. The average Bonchev–Trinajstić information content (AvgIpc) is 3.37. The van der Waals surface area contributed by atoms with Crippen molar-refractivity contribution >= 4 is 17.6 Å². The van der Waals surface area contributed by atoms with E-state index < -0.39 is 11.6 Å². The van der Waals surface area contributed by atoms with E-state index in [-0.39, 0.29) is 12.5 Å². The Labute approximate surface area is 179 Å². The van der Waals surface area contributed by atoms with Gasteiger partial charge in [-0.15, -0.1) is 0 Å². The molecule has 0 saturated carbocycles. The van der Waals surface area contributed by atoms with E-state index in [1.165, 1.54) is 11.1 Å². The monoisotopic (exact) mass is 418 g/mol. The number of aryl methyl sites for hydroxylation is 2. The minimum Gasteiger partial charge on any atom is -0.361 e. The molecule has 0 bridgehead atoms. The summed E-state index contributed by atoms with van der Waals surface area (Å²) in [5, 5.41) is 17.6. The highest BCUT2D eigenvalue weighted by molar-refractivity contribution is 6.22.